The van der Waals surface area contributed by atoms with E-state index >= 15 is 0 Å². The zero-order chi connectivity index (χ0) is 12.5. The molecule has 0 saturated carbocycles. The number of benzene rings is 1. The van der Waals surface area contributed by atoms with Crippen molar-refractivity contribution in [1.29, 1.82) is 0 Å². The van der Waals surface area contributed by atoms with Crippen molar-refractivity contribution in [2.24, 2.45) is 5.73 Å². The highest BCUT2D eigenvalue weighted by Crippen LogP contribution is 2.38. The lowest BCUT2D eigenvalue weighted by atomic mass is 10.1. The maximum atomic E-state index is 12.7. The molecule has 0 atom stereocenters. The minimum atomic E-state index is -4.48. The maximum Gasteiger partial charge on any atom is 0.417 e. The average molecular weight is 283 g/mol. The van der Waals surface area contributed by atoms with E-state index < -0.39 is 11.7 Å². The summed E-state index contributed by atoms with van der Waals surface area (Å²) in [6, 6.07) is 3.60. The number of ether oxygens (including phenoxy) is 1. The van der Waals surface area contributed by atoms with Gasteiger partial charge in [-0.15, -0.1) is 12.4 Å². The van der Waals surface area contributed by atoms with Crippen molar-refractivity contribution >= 4 is 23.4 Å². The molecule has 0 aliphatic carbocycles. The lowest BCUT2D eigenvalue weighted by Gasteiger charge is -2.08. The molecule has 4 nitrogen and oxygen atoms in total. The molecule has 0 amide bonds. The summed E-state index contributed by atoms with van der Waals surface area (Å²) < 4.78 is 48.0. The lowest BCUT2D eigenvalue weighted by Crippen LogP contribution is -2.11. The second kappa shape index (κ2) is 5.45. The number of halogens is 4. The molecule has 0 spiro atoms. The summed E-state index contributed by atoms with van der Waals surface area (Å²) in [5, 5.41) is 3.28. The number of nitrogens with zero attached hydrogens (tertiary/aromatic N) is 1. The molecule has 8 heteroatoms. The van der Waals surface area contributed by atoms with Crippen LogP contribution in [0.15, 0.2) is 22.7 Å². The van der Waals surface area contributed by atoms with Gasteiger partial charge in [0.25, 0.3) is 5.88 Å². The fourth-order valence-corrected chi connectivity index (χ4v) is 1.45. The second-order valence-electron chi connectivity index (χ2n) is 3.30. The molecule has 100 valence electrons. The zero-order valence-electron chi connectivity index (χ0n) is 9.03. The first-order chi connectivity index (χ1) is 8.04. The van der Waals surface area contributed by atoms with Gasteiger partial charge < -0.3 is 15.0 Å². The molecule has 0 fully saturated rings. The molecule has 1 aromatic heterocycles. The number of hydrogen-bond donors (Lipinski definition) is 1. The largest absolute Gasteiger partial charge is 0.474 e. The second-order valence-corrected chi connectivity index (χ2v) is 3.30. The van der Waals surface area contributed by atoms with Crippen LogP contribution in [0.25, 0.3) is 11.0 Å². The van der Waals surface area contributed by atoms with Gasteiger partial charge in [0.1, 0.15) is 6.61 Å². The number of hydrogen-bond acceptors (Lipinski definition) is 4. The van der Waals surface area contributed by atoms with Gasteiger partial charge in [0.2, 0.25) is 0 Å². The Hall–Kier alpha value is -1.47. The number of alkyl halides is 3. The van der Waals surface area contributed by atoms with E-state index in [1.807, 2.05) is 0 Å². The van der Waals surface area contributed by atoms with Crippen molar-refractivity contribution in [3.8, 4) is 5.88 Å². The van der Waals surface area contributed by atoms with Crippen LogP contribution in [-0.4, -0.2) is 18.3 Å². The molecule has 0 unspecified atom stereocenters. The van der Waals surface area contributed by atoms with Crippen molar-refractivity contribution in [3.05, 3.63) is 23.8 Å². The molecule has 0 bridgehead atoms. The Labute approximate surface area is 106 Å². The van der Waals surface area contributed by atoms with Crippen LogP contribution in [-0.2, 0) is 6.18 Å². The molecule has 1 heterocycles. The summed E-state index contributed by atoms with van der Waals surface area (Å²) in [6.45, 7) is 0.260. The van der Waals surface area contributed by atoms with E-state index in [4.69, 9.17) is 15.0 Å². The van der Waals surface area contributed by atoms with Gasteiger partial charge >= 0.3 is 6.18 Å². The Morgan fingerprint density at radius 1 is 1.33 bits per heavy atom. The fraction of sp³-hybridized carbons (Fsp3) is 0.300. The molecule has 2 rings (SSSR count). The zero-order valence-corrected chi connectivity index (χ0v) is 9.85. The molecule has 0 aliphatic rings. The molecule has 0 saturated heterocycles. The van der Waals surface area contributed by atoms with Gasteiger partial charge in [0.05, 0.1) is 10.9 Å². The first-order valence-corrected chi connectivity index (χ1v) is 4.82. The van der Waals surface area contributed by atoms with Crippen LogP contribution < -0.4 is 10.5 Å². The Kier molecular flexibility index (Phi) is 4.42. The highest BCUT2D eigenvalue weighted by molar-refractivity contribution is 5.86. The molecular weight excluding hydrogens is 273 g/mol. The van der Waals surface area contributed by atoms with Crippen LogP contribution in [0.4, 0.5) is 13.2 Å². The van der Waals surface area contributed by atoms with E-state index in [1.165, 1.54) is 12.1 Å². The summed E-state index contributed by atoms with van der Waals surface area (Å²) in [7, 11) is 0. The van der Waals surface area contributed by atoms with Crippen LogP contribution in [0.1, 0.15) is 5.56 Å². The molecule has 0 aliphatic heterocycles. The molecule has 18 heavy (non-hydrogen) atoms. The average Bonchev–Trinajstić information content (AvgIpc) is 2.68. The maximum absolute atomic E-state index is 12.7. The van der Waals surface area contributed by atoms with Crippen LogP contribution >= 0.6 is 12.4 Å². The Morgan fingerprint density at radius 3 is 2.67 bits per heavy atom. The summed E-state index contributed by atoms with van der Waals surface area (Å²) >= 11 is 0. The predicted molar refractivity (Wildman–Crippen MR) is 60.8 cm³/mol. The SMILES string of the molecule is Cl.NCCOc1noc2cccc(C(F)(F)F)c12. The van der Waals surface area contributed by atoms with Crippen molar-refractivity contribution in [2.75, 3.05) is 13.2 Å². The van der Waals surface area contributed by atoms with Crippen molar-refractivity contribution < 1.29 is 22.4 Å². The van der Waals surface area contributed by atoms with Crippen LogP contribution in [0, 0.1) is 0 Å². The van der Waals surface area contributed by atoms with Crippen molar-refractivity contribution in [2.45, 2.75) is 6.18 Å². The van der Waals surface area contributed by atoms with Gasteiger partial charge in [-0.1, -0.05) is 6.07 Å². The molecule has 1 aromatic carbocycles. The molecular formula is C10H10ClF3N2O2. The van der Waals surface area contributed by atoms with Crippen molar-refractivity contribution in [3.63, 3.8) is 0 Å². The van der Waals surface area contributed by atoms with Gasteiger partial charge in [-0.05, 0) is 17.3 Å². The smallest absolute Gasteiger partial charge is 0.417 e. The monoisotopic (exact) mass is 282 g/mol. The van der Waals surface area contributed by atoms with E-state index in [2.05, 4.69) is 5.16 Å². The molecule has 2 N–H and O–H groups in total. The number of nitrogens with two attached hydrogens (primary N) is 1. The number of fused-ring (bicyclic) bond motifs is 1. The summed E-state index contributed by atoms with van der Waals surface area (Å²) in [6.07, 6.45) is -4.48. The van der Waals surface area contributed by atoms with Gasteiger partial charge in [-0.2, -0.15) is 13.2 Å². The lowest BCUT2D eigenvalue weighted by molar-refractivity contribution is -0.136. The minimum Gasteiger partial charge on any atom is -0.474 e. The fourth-order valence-electron chi connectivity index (χ4n) is 1.45. The quantitative estimate of drug-likeness (QED) is 0.940. The van der Waals surface area contributed by atoms with E-state index in [1.54, 1.807) is 0 Å². The van der Waals surface area contributed by atoms with Gasteiger partial charge in [-0.3, -0.25) is 0 Å². The number of aromatic nitrogens is 1. The van der Waals surface area contributed by atoms with Crippen LogP contribution in [0.2, 0.25) is 0 Å². The Balaban J connectivity index is 0.00000162. The van der Waals surface area contributed by atoms with E-state index in [0.29, 0.717) is 0 Å². The Morgan fingerprint density at radius 2 is 2.06 bits per heavy atom. The van der Waals surface area contributed by atoms with Crippen molar-refractivity contribution in [1.82, 2.24) is 5.16 Å². The normalized spacial score (nSPS) is 11.3. The summed E-state index contributed by atoms with van der Waals surface area (Å²) in [5.74, 6) is -0.182. The third-order valence-corrected chi connectivity index (χ3v) is 2.13. The van der Waals surface area contributed by atoms with E-state index in [0.717, 1.165) is 6.07 Å². The van der Waals surface area contributed by atoms with Gasteiger partial charge in [0, 0.05) is 6.54 Å². The summed E-state index contributed by atoms with van der Waals surface area (Å²) in [5.41, 5.74) is 4.41. The van der Waals surface area contributed by atoms with Crippen LogP contribution in [0.5, 0.6) is 5.88 Å². The number of rotatable bonds is 3. The first-order valence-electron chi connectivity index (χ1n) is 4.82. The predicted octanol–water partition coefficient (Wildman–Crippen LogP) is 2.61. The third-order valence-electron chi connectivity index (χ3n) is 2.13. The standard InChI is InChI=1S/C10H9F3N2O2.ClH/c11-10(12,13)6-2-1-3-7-8(6)9(15-17-7)16-5-4-14;/h1-3H,4-5,14H2;1H. The van der Waals surface area contributed by atoms with Crippen LogP contribution in [0.3, 0.4) is 0 Å². The molecule has 0 radical (unpaired) electrons. The Bertz CT molecular complexity index is 527. The highest BCUT2D eigenvalue weighted by Gasteiger charge is 2.35. The van der Waals surface area contributed by atoms with Gasteiger partial charge in [0.15, 0.2) is 5.58 Å². The first kappa shape index (κ1) is 14.6. The minimum absolute atomic E-state index is 0. The third kappa shape index (κ3) is 2.68. The molecule has 2 aromatic rings. The summed E-state index contributed by atoms with van der Waals surface area (Å²) in [4.78, 5) is 0. The topological polar surface area (TPSA) is 61.3 Å². The van der Waals surface area contributed by atoms with Gasteiger partial charge in [-0.25, -0.2) is 0 Å². The van der Waals surface area contributed by atoms with E-state index in [-0.39, 0.29) is 42.4 Å². The highest BCUT2D eigenvalue weighted by atomic mass is 35.5. The van der Waals surface area contributed by atoms with E-state index in [9.17, 15) is 13.2 Å².